The van der Waals surface area contributed by atoms with Crippen LogP contribution < -0.4 is 10.6 Å². The molecule has 0 spiro atoms. The van der Waals surface area contributed by atoms with E-state index in [1.54, 1.807) is 35.0 Å². The molecule has 29 heavy (non-hydrogen) atoms. The summed E-state index contributed by atoms with van der Waals surface area (Å²) >= 11 is 6.32. The summed E-state index contributed by atoms with van der Waals surface area (Å²) in [5.74, 6) is -1.24. The van der Waals surface area contributed by atoms with Gasteiger partial charge in [0.2, 0.25) is 0 Å². The van der Waals surface area contributed by atoms with E-state index in [4.69, 9.17) is 11.6 Å². The zero-order valence-electron chi connectivity index (χ0n) is 15.4. The number of anilines is 2. The van der Waals surface area contributed by atoms with Crippen molar-refractivity contribution in [3.05, 3.63) is 88.2 Å². The van der Waals surface area contributed by atoms with E-state index in [0.29, 0.717) is 22.1 Å². The molecular weight excluding hydrogens is 392 g/mol. The molecule has 0 fully saturated rings. The molecule has 4 rings (SSSR count). The maximum absolute atomic E-state index is 12.8. The molecule has 1 aliphatic rings. The van der Waals surface area contributed by atoms with Crippen molar-refractivity contribution in [1.29, 1.82) is 0 Å². The molecular formula is C21H17ClN4O3. The lowest BCUT2D eigenvalue weighted by molar-refractivity contribution is -0.132. The molecule has 3 aromatic rings. The number of rotatable bonds is 4. The first-order chi connectivity index (χ1) is 13.9. The van der Waals surface area contributed by atoms with Gasteiger partial charge in [-0.1, -0.05) is 47.5 Å². The van der Waals surface area contributed by atoms with Gasteiger partial charge in [0.05, 0.1) is 6.20 Å². The van der Waals surface area contributed by atoms with Crippen molar-refractivity contribution in [2.45, 2.75) is 13.0 Å². The van der Waals surface area contributed by atoms with Crippen molar-refractivity contribution in [2.24, 2.45) is 0 Å². The highest BCUT2D eigenvalue weighted by Gasteiger charge is 2.30. The lowest BCUT2D eigenvalue weighted by atomic mass is 10.0. The largest absolute Gasteiger partial charge is 0.477 e. The van der Waals surface area contributed by atoms with E-state index in [9.17, 15) is 14.7 Å². The summed E-state index contributed by atoms with van der Waals surface area (Å²) in [7, 11) is 0. The molecule has 1 unspecified atom stereocenters. The SMILES string of the molecule is Cc1ccc(NC(=O)c2cnn3c2NC(C(=O)O)=CC3c2ccccc2Cl)cc1. The van der Waals surface area contributed by atoms with Crippen molar-refractivity contribution in [2.75, 3.05) is 10.6 Å². The van der Waals surface area contributed by atoms with E-state index in [0.717, 1.165) is 5.56 Å². The summed E-state index contributed by atoms with van der Waals surface area (Å²) in [5.41, 5.74) is 2.57. The summed E-state index contributed by atoms with van der Waals surface area (Å²) in [6.07, 6.45) is 2.93. The minimum atomic E-state index is -1.14. The van der Waals surface area contributed by atoms with Gasteiger partial charge in [0, 0.05) is 10.7 Å². The number of nitrogens with zero attached hydrogens (tertiary/aromatic N) is 2. The van der Waals surface area contributed by atoms with Gasteiger partial charge >= 0.3 is 5.97 Å². The number of carbonyl (C=O) groups excluding carboxylic acids is 1. The van der Waals surface area contributed by atoms with Crippen molar-refractivity contribution in [3.63, 3.8) is 0 Å². The van der Waals surface area contributed by atoms with E-state index in [1.165, 1.54) is 12.3 Å². The molecule has 2 aromatic carbocycles. The molecule has 1 atom stereocenters. The van der Waals surface area contributed by atoms with Crippen LogP contribution in [0.4, 0.5) is 11.5 Å². The van der Waals surface area contributed by atoms with Crippen molar-refractivity contribution in [3.8, 4) is 0 Å². The Hall–Kier alpha value is -3.58. The molecule has 8 heteroatoms. The monoisotopic (exact) mass is 408 g/mol. The van der Waals surface area contributed by atoms with Crippen molar-refractivity contribution >= 4 is 35.0 Å². The Labute approximate surface area is 171 Å². The fourth-order valence-electron chi connectivity index (χ4n) is 3.16. The van der Waals surface area contributed by atoms with Crippen LogP contribution >= 0.6 is 11.6 Å². The maximum atomic E-state index is 12.8. The van der Waals surface area contributed by atoms with Gasteiger partial charge in [0.15, 0.2) is 0 Å². The summed E-state index contributed by atoms with van der Waals surface area (Å²) < 4.78 is 1.55. The van der Waals surface area contributed by atoms with Gasteiger partial charge in [-0.25, -0.2) is 9.48 Å². The van der Waals surface area contributed by atoms with Crippen LogP contribution in [0.15, 0.2) is 66.5 Å². The van der Waals surface area contributed by atoms with Crippen LogP contribution in [0.1, 0.15) is 27.5 Å². The molecule has 0 saturated carbocycles. The smallest absolute Gasteiger partial charge is 0.352 e. The van der Waals surface area contributed by atoms with Gasteiger partial charge in [0.25, 0.3) is 5.91 Å². The number of carboxylic acids is 1. The summed E-state index contributed by atoms with van der Waals surface area (Å²) in [6, 6.07) is 13.9. The quantitative estimate of drug-likeness (QED) is 0.604. The lowest BCUT2D eigenvalue weighted by Gasteiger charge is -2.25. The summed E-state index contributed by atoms with van der Waals surface area (Å²) in [6.45, 7) is 1.96. The van der Waals surface area contributed by atoms with Crippen LogP contribution in [-0.2, 0) is 4.79 Å². The van der Waals surface area contributed by atoms with Crippen LogP contribution in [0.5, 0.6) is 0 Å². The predicted molar refractivity (Wildman–Crippen MR) is 110 cm³/mol. The van der Waals surface area contributed by atoms with E-state index >= 15 is 0 Å². The first kappa shape index (κ1) is 18.8. The summed E-state index contributed by atoms with van der Waals surface area (Å²) in [5, 5.41) is 19.9. The molecule has 0 saturated heterocycles. The molecule has 2 heterocycles. The number of allylic oxidation sites excluding steroid dienone is 1. The minimum Gasteiger partial charge on any atom is -0.477 e. The van der Waals surface area contributed by atoms with Gasteiger partial charge in [0.1, 0.15) is 23.1 Å². The predicted octanol–water partition coefficient (Wildman–Crippen LogP) is 4.08. The molecule has 3 N–H and O–H groups in total. The average molecular weight is 409 g/mol. The highest BCUT2D eigenvalue weighted by atomic mass is 35.5. The second-order valence-corrected chi connectivity index (χ2v) is 7.06. The van der Waals surface area contributed by atoms with E-state index in [1.807, 2.05) is 25.1 Å². The molecule has 1 amide bonds. The number of hydrogen-bond donors (Lipinski definition) is 3. The van der Waals surface area contributed by atoms with Gasteiger partial charge in [-0.3, -0.25) is 4.79 Å². The maximum Gasteiger partial charge on any atom is 0.352 e. The van der Waals surface area contributed by atoms with Crippen LogP contribution in [0.2, 0.25) is 5.02 Å². The average Bonchev–Trinajstić information content (AvgIpc) is 3.13. The zero-order chi connectivity index (χ0) is 20.5. The minimum absolute atomic E-state index is 0.0488. The molecule has 0 bridgehead atoms. The van der Waals surface area contributed by atoms with Crippen LogP contribution in [0.25, 0.3) is 0 Å². The standard InChI is InChI=1S/C21H17ClN4O3/c1-12-6-8-13(9-7-12)24-20(27)15-11-23-26-18(14-4-2-3-5-16(14)22)10-17(21(28)29)25-19(15)26/h2-11,18,25H,1H3,(H,24,27)(H,28,29). The third-order valence-corrected chi connectivity index (χ3v) is 4.99. The molecule has 1 aliphatic heterocycles. The van der Waals surface area contributed by atoms with Crippen LogP contribution in [0.3, 0.4) is 0 Å². The van der Waals surface area contributed by atoms with Gasteiger partial charge in [-0.2, -0.15) is 5.10 Å². The van der Waals surface area contributed by atoms with Gasteiger partial charge in [-0.05, 0) is 36.8 Å². The number of aryl methyl sites for hydroxylation is 1. The highest BCUT2D eigenvalue weighted by molar-refractivity contribution is 6.31. The molecule has 0 aliphatic carbocycles. The first-order valence-corrected chi connectivity index (χ1v) is 9.24. The third-order valence-electron chi connectivity index (χ3n) is 4.64. The lowest BCUT2D eigenvalue weighted by Crippen LogP contribution is -2.25. The fraction of sp³-hybridized carbons (Fsp3) is 0.0952. The number of carbonyl (C=O) groups is 2. The number of aromatic nitrogens is 2. The van der Waals surface area contributed by atoms with Crippen LogP contribution in [-0.4, -0.2) is 26.8 Å². The number of fused-ring (bicyclic) bond motifs is 1. The number of halogens is 1. The Morgan fingerprint density at radius 3 is 2.59 bits per heavy atom. The van der Waals surface area contributed by atoms with Gasteiger partial charge < -0.3 is 15.7 Å². The van der Waals surface area contributed by atoms with E-state index < -0.39 is 17.9 Å². The van der Waals surface area contributed by atoms with Crippen molar-refractivity contribution < 1.29 is 14.7 Å². The Bertz CT molecular complexity index is 1140. The first-order valence-electron chi connectivity index (χ1n) is 8.86. The normalized spacial score (nSPS) is 15.1. The molecule has 146 valence electrons. The number of hydrogen-bond acceptors (Lipinski definition) is 4. The topological polar surface area (TPSA) is 96.3 Å². The number of nitrogens with one attached hydrogen (secondary N) is 2. The number of amides is 1. The van der Waals surface area contributed by atoms with Gasteiger partial charge in [-0.15, -0.1) is 0 Å². The Morgan fingerprint density at radius 2 is 1.90 bits per heavy atom. The highest BCUT2D eigenvalue weighted by Crippen LogP contribution is 2.35. The summed E-state index contributed by atoms with van der Waals surface area (Å²) in [4.78, 5) is 24.5. The number of benzene rings is 2. The molecule has 1 aromatic heterocycles. The number of carboxylic acid groups (broad SMARTS) is 1. The third kappa shape index (κ3) is 3.60. The molecule has 7 nitrogen and oxygen atoms in total. The van der Waals surface area contributed by atoms with E-state index in [-0.39, 0.29) is 11.3 Å². The Kier molecular flexibility index (Phi) is 4.82. The number of aliphatic carboxylic acids is 1. The fourth-order valence-corrected chi connectivity index (χ4v) is 3.41. The van der Waals surface area contributed by atoms with E-state index in [2.05, 4.69) is 15.7 Å². The molecule has 0 radical (unpaired) electrons. The Morgan fingerprint density at radius 1 is 1.17 bits per heavy atom. The second kappa shape index (κ2) is 7.44. The second-order valence-electron chi connectivity index (χ2n) is 6.65. The van der Waals surface area contributed by atoms with Crippen LogP contribution in [0, 0.1) is 6.92 Å². The Balaban J connectivity index is 1.73. The van der Waals surface area contributed by atoms with Crippen molar-refractivity contribution in [1.82, 2.24) is 9.78 Å². The zero-order valence-corrected chi connectivity index (χ0v) is 16.1.